The number of carbonyl (C=O) groups is 1. The SMILES string of the molecule is COc1ccccc1C(=O)N1CCN(c2cc(Oc3ccccc3)nc(N)n2)CC1. The monoisotopic (exact) mass is 405 g/mol. The minimum Gasteiger partial charge on any atom is -0.496 e. The smallest absolute Gasteiger partial charge is 0.257 e. The number of rotatable bonds is 5. The molecule has 154 valence electrons. The summed E-state index contributed by atoms with van der Waals surface area (Å²) in [6, 6.07) is 18.4. The van der Waals surface area contributed by atoms with Gasteiger partial charge in [-0.1, -0.05) is 30.3 Å². The molecule has 0 spiro atoms. The van der Waals surface area contributed by atoms with E-state index in [9.17, 15) is 4.79 Å². The van der Waals surface area contributed by atoms with Crippen molar-refractivity contribution in [2.75, 3.05) is 43.9 Å². The van der Waals surface area contributed by atoms with Crippen molar-refractivity contribution in [3.8, 4) is 17.4 Å². The predicted octanol–water partition coefficient (Wildman–Crippen LogP) is 2.82. The molecule has 0 atom stereocenters. The number of methoxy groups -OCH3 is 1. The zero-order valence-electron chi connectivity index (χ0n) is 16.7. The Labute approximate surface area is 174 Å². The molecule has 1 aliphatic heterocycles. The number of ether oxygens (including phenoxy) is 2. The summed E-state index contributed by atoms with van der Waals surface area (Å²) in [7, 11) is 1.57. The van der Waals surface area contributed by atoms with Gasteiger partial charge in [-0.25, -0.2) is 0 Å². The molecule has 30 heavy (non-hydrogen) atoms. The van der Waals surface area contributed by atoms with Gasteiger partial charge in [0.1, 0.15) is 17.3 Å². The van der Waals surface area contributed by atoms with E-state index >= 15 is 0 Å². The van der Waals surface area contributed by atoms with Crippen LogP contribution in [0.4, 0.5) is 11.8 Å². The van der Waals surface area contributed by atoms with Gasteiger partial charge in [0, 0.05) is 32.2 Å². The molecular formula is C22H23N5O3. The summed E-state index contributed by atoms with van der Waals surface area (Å²) in [5, 5.41) is 0. The molecule has 8 heteroatoms. The van der Waals surface area contributed by atoms with E-state index in [1.807, 2.05) is 47.4 Å². The van der Waals surface area contributed by atoms with Crippen molar-refractivity contribution in [2.45, 2.75) is 0 Å². The molecule has 0 radical (unpaired) electrons. The van der Waals surface area contributed by atoms with Gasteiger partial charge in [-0.15, -0.1) is 0 Å². The van der Waals surface area contributed by atoms with E-state index in [2.05, 4.69) is 14.9 Å². The van der Waals surface area contributed by atoms with Crippen LogP contribution in [-0.4, -0.2) is 54.1 Å². The molecule has 2 N–H and O–H groups in total. The van der Waals surface area contributed by atoms with Gasteiger partial charge >= 0.3 is 0 Å². The zero-order valence-corrected chi connectivity index (χ0v) is 16.7. The first-order chi connectivity index (χ1) is 14.6. The lowest BCUT2D eigenvalue weighted by molar-refractivity contribution is 0.0743. The number of piperazine rings is 1. The molecule has 0 bridgehead atoms. The van der Waals surface area contributed by atoms with Crippen molar-refractivity contribution in [1.29, 1.82) is 0 Å². The Bertz CT molecular complexity index is 1020. The van der Waals surface area contributed by atoms with Gasteiger partial charge in [-0.2, -0.15) is 9.97 Å². The number of nitrogens with two attached hydrogens (primary N) is 1. The molecule has 0 saturated carbocycles. The third-order valence-corrected chi connectivity index (χ3v) is 4.90. The number of benzene rings is 2. The third-order valence-electron chi connectivity index (χ3n) is 4.90. The second kappa shape index (κ2) is 8.69. The number of hydrogen-bond acceptors (Lipinski definition) is 7. The Kier molecular flexibility index (Phi) is 5.65. The highest BCUT2D eigenvalue weighted by Crippen LogP contribution is 2.25. The van der Waals surface area contributed by atoms with E-state index in [-0.39, 0.29) is 11.9 Å². The van der Waals surface area contributed by atoms with Gasteiger partial charge in [-0.05, 0) is 24.3 Å². The van der Waals surface area contributed by atoms with E-state index < -0.39 is 0 Å². The summed E-state index contributed by atoms with van der Waals surface area (Å²) in [4.78, 5) is 25.3. The topological polar surface area (TPSA) is 93.8 Å². The molecule has 1 saturated heterocycles. The average molecular weight is 405 g/mol. The molecular weight excluding hydrogens is 382 g/mol. The summed E-state index contributed by atoms with van der Waals surface area (Å²) < 4.78 is 11.1. The fourth-order valence-corrected chi connectivity index (χ4v) is 3.38. The summed E-state index contributed by atoms with van der Waals surface area (Å²) in [6.07, 6.45) is 0. The summed E-state index contributed by atoms with van der Waals surface area (Å²) in [5.41, 5.74) is 6.46. The second-order valence-corrected chi connectivity index (χ2v) is 6.82. The summed E-state index contributed by atoms with van der Waals surface area (Å²) in [5.74, 6) is 2.42. The maximum atomic E-state index is 12.9. The van der Waals surface area contributed by atoms with Crippen molar-refractivity contribution < 1.29 is 14.3 Å². The first-order valence-corrected chi connectivity index (χ1v) is 9.69. The zero-order chi connectivity index (χ0) is 20.9. The van der Waals surface area contributed by atoms with Gasteiger partial charge in [0.25, 0.3) is 5.91 Å². The Hall–Kier alpha value is -3.81. The number of nitrogens with zero attached hydrogens (tertiary/aromatic N) is 4. The number of nitrogen functional groups attached to an aromatic ring is 1. The van der Waals surface area contributed by atoms with Crippen LogP contribution >= 0.6 is 0 Å². The summed E-state index contributed by atoms with van der Waals surface area (Å²) >= 11 is 0. The lowest BCUT2D eigenvalue weighted by Gasteiger charge is -2.35. The van der Waals surface area contributed by atoms with Gasteiger partial charge in [-0.3, -0.25) is 4.79 Å². The Morgan fingerprint density at radius 3 is 2.40 bits per heavy atom. The molecule has 4 rings (SSSR count). The van der Waals surface area contributed by atoms with Crippen molar-refractivity contribution >= 4 is 17.7 Å². The molecule has 2 aromatic carbocycles. The Morgan fingerprint density at radius 1 is 0.967 bits per heavy atom. The predicted molar refractivity (Wildman–Crippen MR) is 114 cm³/mol. The Balaban J connectivity index is 1.44. The number of aromatic nitrogens is 2. The molecule has 1 aliphatic rings. The number of amides is 1. The average Bonchev–Trinajstić information content (AvgIpc) is 2.79. The van der Waals surface area contributed by atoms with Crippen molar-refractivity contribution in [2.24, 2.45) is 0 Å². The van der Waals surface area contributed by atoms with Gasteiger partial charge in [0.05, 0.1) is 12.7 Å². The largest absolute Gasteiger partial charge is 0.496 e. The van der Waals surface area contributed by atoms with E-state index in [0.717, 1.165) is 0 Å². The fraction of sp³-hybridized carbons (Fsp3) is 0.227. The Morgan fingerprint density at radius 2 is 1.67 bits per heavy atom. The molecule has 1 amide bonds. The van der Waals surface area contributed by atoms with Gasteiger partial charge in [0.15, 0.2) is 0 Å². The molecule has 8 nitrogen and oxygen atoms in total. The van der Waals surface area contributed by atoms with Crippen LogP contribution in [-0.2, 0) is 0 Å². The molecule has 1 fully saturated rings. The molecule has 0 unspecified atom stereocenters. The highest BCUT2D eigenvalue weighted by Gasteiger charge is 2.25. The van der Waals surface area contributed by atoms with Crippen LogP contribution in [0.3, 0.4) is 0 Å². The van der Waals surface area contributed by atoms with E-state index in [1.165, 1.54) is 0 Å². The summed E-state index contributed by atoms with van der Waals surface area (Å²) in [6.45, 7) is 2.38. The van der Waals surface area contributed by atoms with Crippen LogP contribution in [0.15, 0.2) is 60.7 Å². The van der Waals surface area contributed by atoms with E-state index in [4.69, 9.17) is 15.2 Å². The minimum absolute atomic E-state index is 0.0394. The second-order valence-electron chi connectivity index (χ2n) is 6.82. The third kappa shape index (κ3) is 4.27. The van der Waals surface area contributed by atoms with Crippen molar-refractivity contribution in [1.82, 2.24) is 14.9 Å². The van der Waals surface area contributed by atoms with Gasteiger partial charge in [0.2, 0.25) is 11.8 Å². The number of hydrogen-bond donors (Lipinski definition) is 1. The van der Waals surface area contributed by atoms with Crippen LogP contribution < -0.4 is 20.1 Å². The van der Waals surface area contributed by atoms with Crippen LogP contribution in [0.5, 0.6) is 17.4 Å². The number of para-hydroxylation sites is 2. The molecule has 1 aromatic heterocycles. The fourth-order valence-electron chi connectivity index (χ4n) is 3.38. The van der Waals surface area contributed by atoms with Crippen LogP contribution in [0.2, 0.25) is 0 Å². The van der Waals surface area contributed by atoms with Crippen LogP contribution in [0.1, 0.15) is 10.4 Å². The molecule has 0 aliphatic carbocycles. The van der Waals surface area contributed by atoms with E-state index in [0.29, 0.717) is 54.9 Å². The minimum atomic E-state index is -0.0394. The lowest BCUT2D eigenvalue weighted by atomic mass is 10.1. The first-order valence-electron chi connectivity index (χ1n) is 9.69. The molecule has 2 heterocycles. The normalized spacial score (nSPS) is 13.8. The van der Waals surface area contributed by atoms with Crippen molar-refractivity contribution in [3.63, 3.8) is 0 Å². The van der Waals surface area contributed by atoms with Crippen LogP contribution in [0, 0.1) is 0 Å². The standard InChI is InChI=1S/C22H23N5O3/c1-29-18-10-6-5-9-17(18)21(28)27-13-11-26(12-14-27)19-15-20(25-22(23)24-19)30-16-7-3-2-4-8-16/h2-10,15H,11-14H2,1H3,(H2,23,24,25). The quantitative estimate of drug-likeness (QED) is 0.697. The maximum Gasteiger partial charge on any atom is 0.257 e. The highest BCUT2D eigenvalue weighted by molar-refractivity contribution is 5.97. The number of anilines is 2. The van der Waals surface area contributed by atoms with Crippen molar-refractivity contribution in [3.05, 3.63) is 66.2 Å². The molecule has 3 aromatic rings. The lowest BCUT2D eigenvalue weighted by Crippen LogP contribution is -2.49. The number of carbonyl (C=O) groups excluding carboxylic acids is 1. The van der Waals surface area contributed by atoms with E-state index in [1.54, 1.807) is 25.3 Å². The van der Waals surface area contributed by atoms with Gasteiger partial charge < -0.3 is 25.0 Å². The maximum absolute atomic E-state index is 12.9. The van der Waals surface area contributed by atoms with Crippen LogP contribution in [0.25, 0.3) is 0 Å². The highest BCUT2D eigenvalue weighted by atomic mass is 16.5. The first kappa shape index (κ1) is 19.5.